The van der Waals surface area contributed by atoms with E-state index in [2.05, 4.69) is 28.9 Å². The highest BCUT2D eigenvalue weighted by Gasteiger charge is 2.14. The molecule has 2 rings (SSSR count). The Balaban J connectivity index is 2.13. The van der Waals surface area contributed by atoms with E-state index in [9.17, 15) is 0 Å². The average molecular weight is 309 g/mol. The minimum Gasteiger partial charge on any atom is -0.496 e. The predicted molar refractivity (Wildman–Crippen MR) is 76.5 cm³/mol. The third kappa shape index (κ3) is 2.96. The van der Waals surface area contributed by atoms with Gasteiger partial charge in [0.2, 0.25) is 0 Å². The summed E-state index contributed by atoms with van der Waals surface area (Å²) in [5, 5.41) is 0. The molecule has 0 aliphatic carbocycles. The summed E-state index contributed by atoms with van der Waals surface area (Å²) in [5.74, 6) is 2.91. The average Bonchev–Trinajstić information content (AvgIpc) is 2.88. The van der Waals surface area contributed by atoms with Crippen LogP contribution in [0.15, 0.2) is 40.8 Å². The summed E-state index contributed by atoms with van der Waals surface area (Å²) in [4.78, 5) is 0.175. The van der Waals surface area contributed by atoms with Crippen molar-refractivity contribution in [1.29, 1.82) is 0 Å². The third-order valence-electron chi connectivity index (χ3n) is 2.93. The third-order valence-corrected chi connectivity index (χ3v) is 3.71. The second-order valence-corrected chi connectivity index (χ2v) is 5.25. The summed E-state index contributed by atoms with van der Waals surface area (Å²) in [6.45, 7) is 2.09. The van der Waals surface area contributed by atoms with Gasteiger partial charge >= 0.3 is 0 Å². The number of para-hydroxylation sites is 1. The summed E-state index contributed by atoms with van der Waals surface area (Å²) in [7, 11) is 1.70. The van der Waals surface area contributed by atoms with Crippen molar-refractivity contribution in [2.75, 3.05) is 7.11 Å². The molecule has 0 saturated heterocycles. The van der Waals surface area contributed by atoms with E-state index in [1.54, 1.807) is 7.11 Å². The molecule has 0 amide bonds. The summed E-state index contributed by atoms with van der Waals surface area (Å²) < 4.78 is 11.1. The normalized spacial score (nSPS) is 12.4. The van der Waals surface area contributed by atoms with Crippen molar-refractivity contribution < 1.29 is 9.15 Å². The number of ether oxygens (including phenoxy) is 1. The van der Waals surface area contributed by atoms with E-state index in [4.69, 9.17) is 9.15 Å². The van der Waals surface area contributed by atoms with Crippen molar-refractivity contribution in [2.24, 2.45) is 0 Å². The van der Waals surface area contributed by atoms with Crippen molar-refractivity contribution in [3.05, 3.63) is 53.5 Å². The Labute approximate surface area is 116 Å². The minimum atomic E-state index is 0.175. The van der Waals surface area contributed by atoms with Gasteiger partial charge in [-0.1, -0.05) is 41.1 Å². The van der Waals surface area contributed by atoms with E-state index in [-0.39, 0.29) is 4.83 Å². The molecular weight excluding hydrogens is 292 g/mol. The Morgan fingerprint density at radius 1 is 1.22 bits per heavy atom. The van der Waals surface area contributed by atoms with Gasteiger partial charge in [-0.25, -0.2) is 0 Å². The van der Waals surface area contributed by atoms with Crippen molar-refractivity contribution in [1.82, 2.24) is 0 Å². The van der Waals surface area contributed by atoms with Gasteiger partial charge in [-0.2, -0.15) is 0 Å². The molecule has 96 valence electrons. The van der Waals surface area contributed by atoms with Crippen LogP contribution < -0.4 is 4.74 Å². The largest absolute Gasteiger partial charge is 0.496 e. The molecular formula is C15H17BrO2. The van der Waals surface area contributed by atoms with Crippen LogP contribution in [0.1, 0.15) is 28.8 Å². The fourth-order valence-corrected chi connectivity index (χ4v) is 2.51. The van der Waals surface area contributed by atoms with E-state index < -0.39 is 0 Å². The van der Waals surface area contributed by atoms with Gasteiger partial charge in [0.1, 0.15) is 17.3 Å². The molecule has 2 aromatic rings. The first-order valence-electron chi connectivity index (χ1n) is 6.09. The quantitative estimate of drug-likeness (QED) is 0.757. The number of hydrogen-bond donors (Lipinski definition) is 0. The number of furan rings is 1. The first-order valence-corrected chi connectivity index (χ1v) is 7.00. The highest BCUT2D eigenvalue weighted by atomic mass is 79.9. The molecule has 0 bridgehead atoms. The molecule has 0 N–H and O–H groups in total. The molecule has 0 saturated carbocycles. The van der Waals surface area contributed by atoms with Gasteiger partial charge in [0, 0.05) is 6.42 Å². The van der Waals surface area contributed by atoms with Crippen LogP contribution in [0.4, 0.5) is 0 Å². The summed E-state index contributed by atoms with van der Waals surface area (Å²) >= 11 is 3.68. The lowest BCUT2D eigenvalue weighted by Gasteiger charge is -2.11. The lowest BCUT2D eigenvalue weighted by Crippen LogP contribution is -1.97. The first kappa shape index (κ1) is 13.2. The van der Waals surface area contributed by atoms with Crippen LogP contribution in [-0.2, 0) is 12.8 Å². The SMILES string of the molecule is CCc1ccc(C(Br)Cc2ccccc2OC)o1. The molecule has 18 heavy (non-hydrogen) atoms. The molecule has 1 unspecified atom stereocenters. The molecule has 0 radical (unpaired) electrons. The van der Waals surface area contributed by atoms with Crippen LogP contribution in [0, 0.1) is 0 Å². The molecule has 1 aromatic heterocycles. The number of benzene rings is 1. The summed E-state index contributed by atoms with van der Waals surface area (Å²) in [6.07, 6.45) is 1.77. The lowest BCUT2D eigenvalue weighted by atomic mass is 10.1. The van der Waals surface area contributed by atoms with E-state index >= 15 is 0 Å². The van der Waals surface area contributed by atoms with Gasteiger partial charge < -0.3 is 9.15 Å². The smallest absolute Gasteiger partial charge is 0.122 e. The molecule has 0 aliphatic rings. The molecule has 0 spiro atoms. The van der Waals surface area contributed by atoms with E-state index in [1.165, 1.54) is 5.56 Å². The zero-order valence-electron chi connectivity index (χ0n) is 10.7. The second kappa shape index (κ2) is 6.10. The van der Waals surface area contributed by atoms with Crippen LogP contribution in [-0.4, -0.2) is 7.11 Å². The van der Waals surface area contributed by atoms with Crippen LogP contribution in [0.25, 0.3) is 0 Å². The van der Waals surface area contributed by atoms with Gasteiger partial charge in [-0.05, 0) is 30.2 Å². The van der Waals surface area contributed by atoms with Gasteiger partial charge in [0.05, 0.1) is 11.9 Å². The molecule has 3 heteroatoms. The predicted octanol–water partition coefficient (Wildman–Crippen LogP) is 4.53. The topological polar surface area (TPSA) is 22.4 Å². The van der Waals surface area contributed by atoms with Crippen molar-refractivity contribution >= 4 is 15.9 Å². The van der Waals surface area contributed by atoms with Crippen LogP contribution >= 0.6 is 15.9 Å². The molecule has 2 nitrogen and oxygen atoms in total. The summed E-state index contributed by atoms with van der Waals surface area (Å²) in [6, 6.07) is 12.1. The number of alkyl halides is 1. The Morgan fingerprint density at radius 2 is 2.00 bits per heavy atom. The van der Waals surface area contributed by atoms with Crippen LogP contribution in [0.3, 0.4) is 0 Å². The summed E-state index contributed by atoms with van der Waals surface area (Å²) in [5.41, 5.74) is 1.18. The molecule has 1 aromatic carbocycles. The fourth-order valence-electron chi connectivity index (χ4n) is 1.92. The standard InChI is InChI=1S/C15H17BrO2/c1-3-12-8-9-15(18-12)13(16)10-11-6-4-5-7-14(11)17-2/h4-9,13H,3,10H2,1-2H3. The number of halogens is 1. The van der Waals surface area contributed by atoms with Gasteiger partial charge in [-0.3, -0.25) is 0 Å². The number of aryl methyl sites for hydroxylation is 1. The minimum absolute atomic E-state index is 0.175. The first-order chi connectivity index (χ1) is 8.74. The maximum absolute atomic E-state index is 5.75. The van der Waals surface area contributed by atoms with Crippen molar-refractivity contribution in [3.63, 3.8) is 0 Å². The fraction of sp³-hybridized carbons (Fsp3) is 0.333. The molecule has 1 atom stereocenters. The molecule has 0 aliphatic heterocycles. The Morgan fingerprint density at radius 3 is 2.67 bits per heavy atom. The van der Waals surface area contributed by atoms with Crippen LogP contribution in [0.5, 0.6) is 5.75 Å². The highest BCUT2D eigenvalue weighted by molar-refractivity contribution is 9.09. The molecule has 0 fully saturated rings. The zero-order chi connectivity index (χ0) is 13.0. The lowest BCUT2D eigenvalue weighted by molar-refractivity contribution is 0.408. The Hall–Kier alpha value is -1.22. The van der Waals surface area contributed by atoms with Gasteiger partial charge in [0.15, 0.2) is 0 Å². The maximum atomic E-state index is 5.75. The zero-order valence-corrected chi connectivity index (χ0v) is 12.2. The number of methoxy groups -OCH3 is 1. The van der Waals surface area contributed by atoms with Crippen molar-refractivity contribution in [3.8, 4) is 5.75 Å². The molecule has 1 heterocycles. The second-order valence-electron chi connectivity index (χ2n) is 4.14. The van der Waals surface area contributed by atoms with E-state index in [1.807, 2.05) is 30.3 Å². The highest BCUT2D eigenvalue weighted by Crippen LogP contribution is 2.31. The van der Waals surface area contributed by atoms with E-state index in [0.29, 0.717) is 0 Å². The Bertz CT molecular complexity index is 505. The maximum Gasteiger partial charge on any atom is 0.122 e. The number of rotatable bonds is 5. The van der Waals surface area contributed by atoms with Gasteiger partial charge in [0.25, 0.3) is 0 Å². The van der Waals surface area contributed by atoms with Gasteiger partial charge in [-0.15, -0.1) is 0 Å². The Kier molecular flexibility index (Phi) is 4.48. The monoisotopic (exact) mass is 308 g/mol. The van der Waals surface area contributed by atoms with E-state index in [0.717, 1.165) is 30.1 Å². The van der Waals surface area contributed by atoms with Crippen LogP contribution in [0.2, 0.25) is 0 Å². The van der Waals surface area contributed by atoms with Crippen molar-refractivity contribution in [2.45, 2.75) is 24.6 Å². The number of hydrogen-bond acceptors (Lipinski definition) is 2.